The summed E-state index contributed by atoms with van der Waals surface area (Å²) in [4.78, 5) is 11.9. The predicted molar refractivity (Wildman–Crippen MR) is 65.9 cm³/mol. The van der Waals surface area contributed by atoms with Gasteiger partial charge in [-0.3, -0.25) is 10.1 Å². The van der Waals surface area contributed by atoms with E-state index in [1.54, 1.807) is 23.1 Å². The Labute approximate surface area is 101 Å². The molecular formula is C13H19N2O2+. The summed E-state index contributed by atoms with van der Waals surface area (Å²) in [5.74, 6) is 0.775. The van der Waals surface area contributed by atoms with Crippen LogP contribution >= 0.6 is 0 Å². The molecule has 0 amide bonds. The number of piperidine rings is 1. The number of nitro groups is 1. The van der Waals surface area contributed by atoms with Crippen molar-refractivity contribution >= 4 is 5.69 Å². The molecule has 1 unspecified atom stereocenters. The Morgan fingerprint density at radius 3 is 3.06 bits per heavy atom. The molecule has 1 aliphatic rings. The molecule has 0 aromatic heterocycles. The Morgan fingerprint density at radius 2 is 2.35 bits per heavy atom. The highest BCUT2D eigenvalue weighted by molar-refractivity contribution is 5.33. The molecule has 1 heterocycles. The number of non-ortho nitro benzene ring substituents is 1. The first kappa shape index (κ1) is 12.0. The van der Waals surface area contributed by atoms with Crippen LogP contribution in [0.25, 0.3) is 0 Å². The lowest BCUT2D eigenvalue weighted by atomic mass is 10.00. The second kappa shape index (κ2) is 5.27. The molecule has 4 nitrogen and oxygen atoms in total. The van der Waals surface area contributed by atoms with Crippen LogP contribution in [0, 0.1) is 16.0 Å². The summed E-state index contributed by atoms with van der Waals surface area (Å²) in [6.45, 7) is 5.56. The monoisotopic (exact) mass is 235 g/mol. The molecule has 0 radical (unpaired) electrons. The predicted octanol–water partition coefficient (Wildman–Crippen LogP) is 1.41. The van der Waals surface area contributed by atoms with Crippen molar-refractivity contribution in [3.05, 3.63) is 39.9 Å². The summed E-state index contributed by atoms with van der Waals surface area (Å²) >= 11 is 0. The lowest BCUT2D eigenvalue weighted by Crippen LogP contribution is -3.12. The maximum Gasteiger partial charge on any atom is 0.269 e. The molecule has 1 aliphatic heterocycles. The van der Waals surface area contributed by atoms with Gasteiger partial charge in [0, 0.05) is 23.6 Å². The molecule has 1 saturated heterocycles. The third-order valence-electron chi connectivity index (χ3n) is 3.44. The van der Waals surface area contributed by atoms with E-state index >= 15 is 0 Å². The highest BCUT2D eigenvalue weighted by atomic mass is 16.6. The van der Waals surface area contributed by atoms with Crippen LogP contribution in [0.3, 0.4) is 0 Å². The largest absolute Gasteiger partial charge is 0.331 e. The Kier molecular flexibility index (Phi) is 3.74. The summed E-state index contributed by atoms with van der Waals surface area (Å²) < 4.78 is 0. The van der Waals surface area contributed by atoms with Crippen molar-refractivity contribution in [2.45, 2.75) is 26.3 Å². The van der Waals surface area contributed by atoms with Gasteiger partial charge in [0.2, 0.25) is 0 Å². The second-order valence-electron chi connectivity index (χ2n) is 5.06. The van der Waals surface area contributed by atoms with Gasteiger partial charge in [-0.2, -0.15) is 0 Å². The number of hydrogen-bond acceptors (Lipinski definition) is 2. The zero-order chi connectivity index (χ0) is 12.3. The van der Waals surface area contributed by atoms with E-state index < -0.39 is 0 Å². The summed E-state index contributed by atoms with van der Waals surface area (Å²) in [5, 5.41) is 10.7. The fourth-order valence-corrected chi connectivity index (χ4v) is 2.63. The Balaban J connectivity index is 2.02. The van der Waals surface area contributed by atoms with E-state index in [0.29, 0.717) is 0 Å². The Bertz CT molecular complexity index is 406. The van der Waals surface area contributed by atoms with Crippen molar-refractivity contribution in [1.82, 2.24) is 0 Å². The molecule has 0 spiro atoms. The van der Waals surface area contributed by atoms with Crippen molar-refractivity contribution in [3.63, 3.8) is 0 Å². The van der Waals surface area contributed by atoms with Gasteiger partial charge >= 0.3 is 0 Å². The Hall–Kier alpha value is -1.42. The lowest BCUT2D eigenvalue weighted by molar-refractivity contribution is -0.922. The van der Waals surface area contributed by atoms with Crippen molar-refractivity contribution in [3.8, 4) is 0 Å². The number of nitrogens with one attached hydrogen (secondary N) is 1. The molecule has 0 aliphatic carbocycles. The van der Waals surface area contributed by atoms with E-state index in [4.69, 9.17) is 0 Å². The lowest BCUT2D eigenvalue weighted by Gasteiger charge is -2.27. The van der Waals surface area contributed by atoms with Crippen LogP contribution in [-0.2, 0) is 6.54 Å². The Morgan fingerprint density at radius 1 is 1.53 bits per heavy atom. The SMILES string of the molecule is C[C@H]1CCC[NH+](Cc2cccc([N+](=O)[O-])c2)C1. The normalized spacial score (nSPS) is 24.5. The van der Waals surface area contributed by atoms with Crippen LogP contribution in [-0.4, -0.2) is 18.0 Å². The molecule has 92 valence electrons. The number of hydrogen-bond donors (Lipinski definition) is 1. The van der Waals surface area contributed by atoms with E-state index in [1.807, 2.05) is 6.07 Å². The van der Waals surface area contributed by atoms with Crippen LogP contribution in [0.4, 0.5) is 5.69 Å². The van der Waals surface area contributed by atoms with Crippen LogP contribution in [0.1, 0.15) is 25.3 Å². The molecule has 1 aromatic rings. The average molecular weight is 235 g/mol. The molecule has 0 bridgehead atoms. The number of quaternary nitrogens is 1. The minimum absolute atomic E-state index is 0.201. The zero-order valence-electron chi connectivity index (χ0n) is 10.2. The molecule has 2 rings (SSSR count). The van der Waals surface area contributed by atoms with Gasteiger partial charge in [-0.05, 0) is 12.8 Å². The standard InChI is InChI=1S/C13H18N2O2/c1-11-4-3-7-14(9-11)10-12-5-2-6-13(8-12)15(16)17/h2,5-6,8,11H,3-4,7,9-10H2,1H3/p+1/t11-/m0/s1. The summed E-state index contributed by atoms with van der Waals surface area (Å²) in [6, 6.07) is 7.02. The van der Waals surface area contributed by atoms with Crippen LogP contribution in [0.15, 0.2) is 24.3 Å². The molecule has 4 heteroatoms. The topological polar surface area (TPSA) is 47.6 Å². The van der Waals surface area contributed by atoms with Crippen LogP contribution in [0.2, 0.25) is 0 Å². The number of nitro benzene ring substituents is 1. The fourth-order valence-electron chi connectivity index (χ4n) is 2.63. The van der Waals surface area contributed by atoms with Gasteiger partial charge < -0.3 is 4.90 Å². The molecule has 1 fully saturated rings. The van der Waals surface area contributed by atoms with Crippen molar-refractivity contribution in [2.75, 3.05) is 13.1 Å². The number of rotatable bonds is 3. The van der Waals surface area contributed by atoms with Crippen molar-refractivity contribution in [1.29, 1.82) is 0 Å². The number of nitrogens with zero attached hydrogens (tertiary/aromatic N) is 1. The third-order valence-corrected chi connectivity index (χ3v) is 3.44. The minimum atomic E-state index is -0.322. The van der Waals surface area contributed by atoms with Crippen molar-refractivity contribution < 1.29 is 9.82 Å². The fraction of sp³-hybridized carbons (Fsp3) is 0.538. The molecule has 1 aromatic carbocycles. The van der Waals surface area contributed by atoms with E-state index in [1.165, 1.54) is 25.9 Å². The van der Waals surface area contributed by atoms with E-state index in [2.05, 4.69) is 6.92 Å². The highest BCUT2D eigenvalue weighted by Gasteiger charge is 2.20. The molecule has 1 N–H and O–H groups in total. The third kappa shape index (κ3) is 3.27. The van der Waals surface area contributed by atoms with E-state index in [-0.39, 0.29) is 10.6 Å². The average Bonchev–Trinajstić information content (AvgIpc) is 2.29. The summed E-state index contributed by atoms with van der Waals surface area (Å²) in [7, 11) is 0. The first-order valence-corrected chi connectivity index (χ1v) is 6.22. The summed E-state index contributed by atoms with van der Waals surface area (Å²) in [5.41, 5.74) is 1.27. The van der Waals surface area contributed by atoms with Gasteiger partial charge in [0.25, 0.3) is 5.69 Å². The number of benzene rings is 1. The summed E-state index contributed by atoms with van der Waals surface area (Å²) in [6.07, 6.45) is 2.59. The molecule has 0 saturated carbocycles. The van der Waals surface area contributed by atoms with Gasteiger partial charge in [-0.15, -0.1) is 0 Å². The molecule has 2 atom stereocenters. The maximum atomic E-state index is 10.7. The minimum Gasteiger partial charge on any atom is -0.331 e. The zero-order valence-corrected chi connectivity index (χ0v) is 10.2. The van der Waals surface area contributed by atoms with Gasteiger partial charge in [0.15, 0.2) is 0 Å². The second-order valence-corrected chi connectivity index (χ2v) is 5.06. The molecule has 17 heavy (non-hydrogen) atoms. The van der Waals surface area contributed by atoms with Crippen molar-refractivity contribution in [2.24, 2.45) is 5.92 Å². The van der Waals surface area contributed by atoms with Gasteiger partial charge in [-0.25, -0.2) is 0 Å². The molecular weight excluding hydrogens is 216 g/mol. The first-order chi connectivity index (χ1) is 8.15. The van der Waals surface area contributed by atoms with Crippen LogP contribution < -0.4 is 4.90 Å². The smallest absolute Gasteiger partial charge is 0.269 e. The van der Waals surface area contributed by atoms with E-state index in [0.717, 1.165) is 18.0 Å². The van der Waals surface area contributed by atoms with Gasteiger partial charge in [0.1, 0.15) is 6.54 Å². The van der Waals surface area contributed by atoms with E-state index in [9.17, 15) is 10.1 Å². The quantitative estimate of drug-likeness (QED) is 0.636. The highest BCUT2D eigenvalue weighted by Crippen LogP contribution is 2.13. The maximum absolute atomic E-state index is 10.7. The van der Waals surface area contributed by atoms with Gasteiger partial charge in [0.05, 0.1) is 18.0 Å². The van der Waals surface area contributed by atoms with Crippen LogP contribution in [0.5, 0.6) is 0 Å². The number of likely N-dealkylation sites (tertiary alicyclic amines) is 1. The van der Waals surface area contributed by atoms with Gasteiger partial charge in [-0.1, -0.05) is 19.1 Å². The first-order valence-electron chi connectivity index (χ1n) is 6.22.